The molecule has 0 saturated carbocycles. The van der Waals surface area contributed by atoms with Crippen LogP contribution in [-0.2, 0) is 14.8 Å². The highest BCUT2D eigenvalue weighted by molar-refractivity contribution is 7.89. The van der Waals surface area contributed by atoms with E-state index >= 15 is 0 Å². The third-order valence-electron chi connectivity index (χ3n) is 5.79. The third-order valence-corrected chi connectivity index (χ3v) is 7.70. The van der Waals surface area contributed by atoms with Crippen molar-refractivity contribution in [2.24, 2.45) is 0 Å². The van der Waals surface area contributed by atoms with Crippen LogP contribution in [0.1, 0.15) is 15.9 Å². The zero-order valence-corrected chi connectivity index (χ0v) is 19.8. The van der Waals surface area contributed by atoms with Crippen LogP contribution in [-0.4, -0.2) is 70.0 Å². The number of hydrogen-bond donors (Lipinski definition) is 0. The van der Waals surface area contributed by atoms with Crippen molar-refractivity contribution in [1.29, 1.82) is 0 Å². The first-order chi connectivity index (χ1) is 16.3. The molecule has 2 aromatic carbocycles. The lowest BCUT2D eigenvalue weighted by molar-refractivity contribution is 0.0440. The summed E-state index contributed by atoms with van der Waals surface area (Å²) in [6.45, 7) is 4.13. The number of benzene rings is 2. The van der Waals surface area contributed by atoms with Crippen LogP contribution in [0.3, 0.4) is 0 Å². The van der Waals surface area contributed by atoms with E-state index < -0.39 is 21.6 Å². The van der Waals surface area contributed by atoms with Gasteiger partial charge in [-0.2, -0.15) is 4.31 Å². The topological polar surface area (TPSA) is 106 Å². The number of hydrogen-bond acceptors (Lipinski definition) is 8. The van der Waals surface area contributed by atoms with E-state index in [-0.39, 0.29) is 17.1 Å². The van der Waals surface area contributed by atoms with Crippen LogP contribution in [0.25, 0.3) is 11.0 Å². The minimum Gasteiger partial charge on any atom is -0.497 e. The number of sulfonamides is 1. The molecule has 1 aromatic heterocycles. The summed E-state index contributed by atoms with van der Waals surface area (Å²) in [5.41, 5.74) is 0.396. The van der Waals surface area contributed by atoms with Crippen molar-refractivity contribution in [3.8, 4) is 5.75 Å². The van der Waals surface area contributed by atoms with E-state index in [1.165, 1.54) is 17.5 Å². The fourth-order valence-electron chi connectivity index (χ4n) is 3.77. The van der Waals surface area contributed by atoms with E-state index in [0.29, 0.717) is 49.4 Å². The molecular formula is C24H26N2O7S. The normalized spacial score (nSPS) is 15.4. The first-order valence-corrected chi connectivity index (χ1v) is 12.3. The van der Waals surface area contributed by atoms with E-state index in [1.54, 1.807) is 42.5 Å². The zero-order valence-electron chi connectivity index (χ0n) is 19.0. The van der Waals surface area contributed by atoms with E-state index in [4.69, 9.17) is 13.9 Å². The molecule has 1 aliphatic rings. The summed E-state index contributed by atoms with van der Waals surface area (Å²) < 4.78 is 42.8. The Morgan fingerprint density at radius 3 is 2.41 bits per heavy atom. The number of piperazine rings is 1. The van der Waals surface area contributed by atoms with Crippen LogP contribution in [0.5, 0.6) is 5.75 Å². The van der Waals surface area contributed by atoms with Gasteiger partial charge in [-0.25, -0.2) is 18.0 Å². The molecule has 2 heterocycles. The summed E-state index contributed by atoms with van der Waals surface area (Å²) in [6, 6.07) is 13.2. The molecule has 0 N–H and O–H groups in total. The highest BCUT2D eigenvalue weighted by Gasteiger charge is 2.28. The number of nitrogens with zero attached hydrogens (tertiary/aromatic N) is 2. The quantitative estimate of drug-likeness (QED) is 0.370. The van der Waals surface area contributed by atoms with Crippen molar-refractivity contribution in [1.82, 2.24) is 9.21 Å². The number of fused-ring (bicyclic) bond motifs is 1. The van der Waals surface area contributed by atoms with Crippen LogP contribution < -0.4 is 10.4 Å². The van der Waals surface area contributed by atoms with Gasteiger partial charge in [0.15, 0.2) is 0 Å². The second-order valence-electron chi connectivity index (χ2n) is 8.05. The Bertz CT molecular complexity index is 1340. The second kappa shape index (κ2) is 9.96. The van der Waals surface area contributed by atoms with Crippen molar-refractivity contribution in [3.05, 3.63) is 70.1 Å². The number of aryl methyl sites for hydroxylation is 1. The summed E-state index contributed by atoms with van der Waals surface area (Å²) in [7, 11) is -2.01. The Morgan fingerprint density at radius 1 is 1.03 bits per heavy atom. The maximum atomic E-state index is 12.8. The first kappa shape index (κ1) is 23.9. The van der Waals surface area contributed by atoms with Gasteiger partial charge in [0.05, 0.1) is 12.0 Å². The lowest BCUT2D eigenvalue weighted by Gasteiger charge is -2.33. The summed E-state index contributed by atoms with van der Waals surface area (Å²) in [5.74, 6) is -0.191. The molecule has 0 atom stereocenters. The smallest absolute Gasteiger partial charge is 0.351 e. The molecule has 1 saturated heterocycles. The zero-order chi connectivity index (χ0) is 24.3. The molecule has 0 unspecified atom stereocenters. The number of methoxy groups -OCH3 is 1. The van der Waals surface area contributed by atoms with Gasteiger partial charge in [-0.05, 0) is 43.3 Å². The Hall–Kier alpha value is -3.21. The Labute approximate surface area is 197 Å². The van der Waals surface area contributed by atoms with Crippen molar-refractivity contribution < 1.29 is 27.1 Å². The number of carbonyl (C=O) groups is 1. The number of esters is 1. The van der Waals surface area contributed by atoms with Crippen molar-refractivity contribution in [3.63, 3.8) is 0 Å². The predicted octanol–water partition coefficient (Wildman–Crippen LogP) is 2.27. The van der Waals surface area contributed by atoms with Crippen LogP contribution in [0.4, 0.5) is 0 Å². The van der Waals surface area contributed by atoms with Gasteiger partial charge in [0.25, 0.3) is 0 Å². The second-order valence-corrected chi connectivity index (χ2v) is 9.98. The number of ether oxygens (including phenoxy) is 2. The van der Waals surface area contributed by atoms with Crippen molar-refractivity contribution in [2.45, 2.75) is 11.8 Å². The minimum atomic E-state index is -3.53. The average molecular weight is 487 g/mol. The molecule has 180 valence electrons. The van der Waals surface area contributed by atoms with Gasteiger partial charge in [0.2, 0.25) is 10.0 Å². The average Bonchev–Trinajstić information content (AvgIpc) is 2.84. The van der Waals surface area contributed by atoms with Crippen LogP contribution >= 0.6 is 0 Å². The van der Waals surface area contributed by atoms with E-state index in [1.807, 2.05) is 11.8 Å². The Kier molecular flexibility index (Phi) is 7.01. The molecule has 3 aromatic rings. The SMILES string of the molecule is COc1ccc2oc(=O)c(C(=O)OCCN3CCN(S(=O)(=O)c4ccc(C)cc4)CC3)cc2c1. The van der Waals surface area contributed by atoms with Gasteiger partial charge in [-0.1, -0.05) is 17.7 Å². The fourth-order valence-corrected chi connectivity index (χ4v) is 5.19. The predicted molar refractivity (Wildman–Crippen MR) is 126 cm³/mol. The monoisotopic (exact) mass is 486 g/mol. The largest absolute Gasteiger partial charge is 0.497 e. The van der Waals surface area contributed by atoms with E-state index in [9.17, 15) is 18.0 Å². The molecule has 0 aliphatic carbocycles. The lowest BCUT2D eigenvalue weighted by atomic mass is 10.2. The number of carbonyl (C=O) groups excluding carboxylic acids is 1. The third kappa shape index (κ3) is 5.14. The molecule has 1 aliphatic heterocycles. The maximum Gasteiger partial charge on any atom is 0.351 e. The lowest BCUT2D eigenvalue weighted by Crippen LogP contribution is -2.49. The molecular weight excluding hydrogens is 460 g/mol. The fraction of sp³-hybridized carbons (Fsp3) is 0.333. The van der Waals surface area contributed by atoms with Crippen molar-refractivity contribution in [2.75, 3.05) is 46.4 Å². The summed E-state index contributed by atoms with van der Waals surface area (Å²) >= 11 is 0. The Balaban J connectivity index is 1.31. The Morgan fingerprint density at radius 2 is 1.74 bits per heavy atom. The first-order valence-electron chi connectivity index (χ1n) is 10.9. The van der Waals surface area contributed by atoms with Gasteiger partial charge >= 0.3 is 11.6 Å². The van der Waals surface area contributed by atoms with Gasteiger partial charge in [-0.3, -0.25) is 4.90 Å². The van der Waals surface area contributed by atoms with Gasteiger partial charge in [0.1, 0.15) is 23.5 Å². The molecule has 1 fully saturated rings. The van der Waals surface area contributed by atoms with Crippen LogP contribution in [0.2, 0.25) is 0 Å². The standard InChI is InChI=1S/C24H26N2O7S/c1-17-3-6-20(7-4-17)34(29,30)26-11-9-25(10-12-26)13-14-32-23(27)21-16-18-15-19(31-2)5-8-22(18)33-24(21)28/h3-8,15-16H,9-14H2,1-2H3. The van der Waals surface area contributed by atoms with Crippen molar-refractivity contribution >= 4 is 27.0 Å². The molecule has 0 spiro atoms. The molecule has 0 radical (unpaired) electrons. The highest BCUT2D eigenvalue weighted by atomic mass is 32.2. The summed E-state index contributed by atoms with van der Waals surface area (Å²) in [6.07, 6.45) is 0. The van der Waals surface area contributed by atoms with Gasteiger partial charge in [-0.15, -0.1) is 0 Å². The highest BCUT2D eigenvalue weighted by Crippen LogP contribution is 2.21. The molecule has 0 amide bonds. The molecule has 4 rings (SSSR count). The maximum absolute atomic E-state index is 12.8. The van der Waals surface area contributed by atoms with Crippen LogP contribution in [0.15, 0.2) is 62.6 Å². The summed E-state index contributed by atoms with van der Waals surface area (Å²) in [4.78, 5) is 26.9. The molecule has 0 bridgehead atoms. The molecule has 34 heavy (non-hydrogen) atoms. The minimum absolute atomic E-state index is 0.0686. The number of rotatable bonds is 7. The summed E-state index contributed by atoms with van der Waals surface area (Å²) in [5, 5.41) is 0.553. The molecule has 9 nitrogen and oxygen atoms in total. The van der Waals surface area contributed by atoms with Gasteiger partial charge in [0, 0.05) is 38.1 Å². The molecule has 10 heteroatoms. The van der Waals surface area contributed by atoms with E-state index in [2.05, 4.69) is 0 Å². The van der Waals surface area contributed by atoms with Gasteiger partial charge < -0.3 is 13.9 Å². The van der Waals surface area contributed by atoms with E-state index in [0.717, 1.165) is 5.56 Å². The van der Waals surface area contributed by atoms with Crippen LogP contribution in [0, 0.1) is 6.92 Å².